The van der Waals surface area contributed by atoms with Gasteiger partial charge in [-0.25, -0.2) is 9.59 Å². The van der Waals surface area contributed by atoms with Crippen molar-refractivity contribution in [2.45, 2.75) is 25.2 Å². The van der Waals surface area contributed by atoms with Crippen LogP contribution in [0.3, 0.4) is 0 Å². The number of hydrogen-bond acceptors (Lipinski definition) is 9. The molecular formula is C27H24N2O8. The van der Waals surface area contributed by atoms with Gasteiger partial charge in [-0.15, -0.1) is 0 Å². The Morgan fingerprint density at radius 1 is 1.08 bits per heavy atom. The van der Waals surface area contributed by atoms with Gasteiger partial charge in [0.1, 0.15) is 28.7 Å². The van der Waals surface area contributed by atoms with Gasteiger partial charge in [0.05, 0.1) is 19.1 Å². The Bertz CT molecular complexity index is 1540. The number of methoxy groups -OCH3 is 1. The summed E-state index contributed by atoms with van der Waals surface area (Å²) in [7, 11) is 1.20. The van der Waals surface area contributed by atoms with Crippen molar-refractivity contribution < 1.29 is 33.0 Å². The van der Waals surface area contributed by atoms with E-state index in [9.17, 15) is 19.2 Å². The van der Waals surface area contributed by atoms with Gasteiger partial charge in [-0.2, -0.15) is 0 Å². The summed E-state index contributed by atoms with van der Waals surface area (Å²) in [5.41, 5.74) is 3.62. The number of anilines is 1. The maximum Gasteiger partial charge on any atom is 0.345 e. The third kappa shape index (κ3) is 3.47. The van der Waals surface area contributed by atoms with Crippen LogP contribution in [0.5, 0.6) is 5.75 Å². The highest BCUT2D eigenvalue weighted by atomic mass is 16.5. The third-order valence-corrected chi connectivity index (χ3v) is 6.59. The first-order valence-corrected chi connectivity index (χ1v) is 11.8. The van der Waals surface area contributed by atoms with Crippen LogP contribution in [0.1, 0.15) is 30.9 Å². The average molecular weight is 504 g/mol. The number of amides is 1. The molecule has 3 heterocycles. The van der Waals surface area contributed by atoms with Crippen LogP contribution in [0.2, 0.25) is 0 Å². The molecular weight excluding hydrogens is 480 g/mol. The quantitative estimate of drug-likeness (QED) is 0.305. The first-order chi connectivity index (χ1) is 17.9. The van der Waals surface area contributed by atoms with Crippen molar-refractivity contribution in [3.63, 3.8) is 0 Å². The van der Waals surface area contributed by atoms with Crippen LogP contribution in [0.15, 0.2) is 69.2 Å². The lowest BCUT2D eigenvalue weighted by Crippen LogP contribution is -2.51. The van der Waals surface area contributed by atoms with Gasteiger partial charge in [0.2, 0.25) is 11.8 Å². The Morgan fingerprint density at radius 2 is 1.81 bits per heavy atom. The fourth-order valence-corrected chi connectivity index (χ4v) is 4.94. The summed E-state index contributed by atoms with van der Waals surface area (Å²) in [6.07, 6.45) is 1.34. The van der Waals surface area contributed by atoms with E-state index < -0.39 is 35.4 Å². The topological polar surface area (TPSA) is 138 Å². The van der Waals surface area contributed by atoms with Crippen molar-refractivity contribution in [3.05, 3.63) is 81.5 Å². The molecule has 0 fully saturated rings. The minimum Gasteiger partial charge on any atom is -0.468 e. The van der Waals surface area contributed by atoms with Gasteiger partial charge in [-0.3, -0.25) is 14.5 Å². The Hall–Kier alpha value is -4.60. The summed E-state index contributed by atoms with van der Waals surface area (Å²) in [5.74, 6) is -2.74. The van der Waals surface area contributed by atoms with E-state index in [1.807, 2.05) is 6.92 Å². The number of carbonyl (C=O) groups is 3. The molecule has 2 aliphatic heterocycles. The molecule has 1 amide bonds. The number of carbonyl (C=O) groups excluding carboxylic acids is 3. The number of para-hydroxylation sites is 2. The molecule has 2 aromatic carbocycles. The van der Waals surface area contributed by atoms with E-state index in [2.05, 4.69) is 0 Å². The lowest BCUT2D eigenvalue weighted by Gasteiger charge is -2.35. The number of esters is 2. The van der Waals surface area contributed by atoms with E-state index in [0.717, 1.165) is 11.3 Å². The van der Waals surface area contributed by atoms with E-state index in [1.165, 1.54) is 7.11 Å². The normalized spacial score (nSPS) is 18.0. The molecule has 2 N–H and O–H groups in total. The Labute approximate surface area is 211 Å². The summed E-state index contributed by atoms with van der Waals surface area (Å²) in [5, 5.41) is 0.384. The van der Waals surface area contributed by atoms with Gasteiger partial charge >= 0.3 is 17.6 Å². The van der Waals surface area contributed by atoms with Crippen LogP contribution in [-0.4, -0.2) is 38.1 Å². The second kappa shape index (κ2) is 9.12. The fourth-order valence-electron chi connectivity index (χ4n) is 4.94. The second-order valence-electron chi connectivity index (χ2n) is 8.66. The molecule has 0 radical (unpaired) electrons. The standard InChI is InChI=1S/C27H24N2O8/c1-3-4-13-35-24(31)21-23(28)37-22-15-9-5-8-12-18(15)36-25(32)20(22)27(21)16-10-6-7-11-17(16)29(26(27)33)14-19(30)34-2/h5-12H,3-4,13-14,28H2,1-2H3. The number of fused-ring (bicyclic) bond motifs is 6. The molecule has 2 aliphatic rings. The zero-order valence-corrected chi connectivity index (χ0v) is 20.2. The maximum atomic E-state index is 14.4. The summed E-state index contributed by atoms with van der Waals surface area (Å²) in [6.45, 7) is 1.55. The van der Waals surface area contributed by atoms with Crippen molar-refractivity contribution in [1.29, 1.82) is 0 Å². The van der Waals surface area contributed by atoms with Crippen LogP contribution < -0.4 is 21.0 Å². The second-order valence-corrected chi connectivity index (χ2v) is 8.66. The van der Waals surface area contributed by atoms with Gasteiger partial charge in [0.15, 0.2) is 5.75 Å². The zero-order valence-electron chi connectivity index (χ0n) is 20.2. The minimum absolute atomic E-state index is 0.00229. The molecule has 0 saturated heterocycles. The molecule has 0 bridgehead atoms. The number of nitrogens with two attached hydrogens (primary N) is 1. The van der Waals surface area contributed by atoms with Crippen molar-refractivity contribution in [2.24, 2.45) is 5.73 Å². The smallest absolute Gasteiger partial charge is 0.345 e. The Kier molecular flexibility index (Phi) is 5.94. The van der Waals surface area contributed by atoms with Crippen LogP contribution in [0, 0.1) is 0 Å². The van der Waals surface area contributed by atoms with E-state index in [1.54, 1.807) is 48.5 Å². The predicted molar refractivity (Wildman–Crippen MR) is 132 cm³/mol. The highest BCUT2D eigenvalue weighted by molar-refractivity contribution is 6.20. The van der Waals surface area contributed by atoms with Gasteiger partial charge in [0, 0.05) is 11.3 Å². The van der Waals surface area contributed by atoms with Gasteiger partial charge in [-0.1, -0.05) is 43.7 Å². The van der Waals surface area contributed by atoms with Crippen molar-refractivity contribution >= 4 is 34.5 Å². The number of ether oxygens (including phenoxy) is 3. The zero-order chi connectivity index (χ0) is 26.3. The molecule has 1 spiro atoms. The summed E-state index contributed by atoms with van der Waals surface area (Å²) in [4.78, 5) is 55.0. The van der Waals surface area contributed by atoms with Gasteiger partial charge in [-0.05, 0) is 24.6 Å². The Morgan fingerprint density at radius 3 is 2.57 bits per heavy atom. The molecule has 3 aromatic rings. The van der Waals surface area contributed by atoms with Crippen LogP contribution >= 0.6 is 0 Å². The third-order valence-electron chi connectivity index (χ3n) is 6.59. The molecule has 1 atom stereocenters. The number of unbranched alkanes of at least 4 members (excludes halogenated alkanes) is 1. The monoisotopic (exact) mass is 504 g/mol. The number of nitrogens with zero attached hydrogens (tertiary/aromatic N) is 1. The summed E-state index contributed by atoms with van der Waals surface area (Å²) < 4.78 is 21.8. The van der Waals surface area contributed by atoms with Crippen molar-refractivity contribution in [2.75, 3.05) is 25.2 Å². The van der Waals surface area contributed by atoms with E-state index in [0.29, 0.717) is 17.5 Å². The van der Waals surface area contributed by atoms with E-state index in [4.69, 9.17) is 24.4 Å². The fraction of sp³-hybridized carbons (Fsp3) is 0.259. The number of hydrogen-bond donors (Lipinski definition) is 1. The molecule has 10 heteroatoms. The molecule has 0 saturated carbocycles. The predicted octanol–water partition coefficient (Wildman–Crippen LogP) is 2.50. The maximum absolute atomic E-state index is 14.4. The molecule has 0 aliphatic carbocycles. The molecule has 1 aromatic heterocycles. The molecule has 37 heavy (non-hydrogen) atoms. The Balaban J connectivity index is 1.86. The molecule has 190 valence electrons. The summed E-state index contributed by atoms with van der Waals surface area (Å²) in [6, 6.07) is 13.2. The largest absolute Gasteiger partial charge is 0.468 e. The van der Waals surface area contributed by atoms with Crippen LogP contribution in [0.4, 0.5) is 5.69 Å². The summed E-state index contributed by atoms with van der Waals surface area (Å²) >= 11 is 0. The average Bonchev–Trinajstić information content (AvgIpc) is 3.12. The molecule has 10 nitrogen and oxygen atoms in total. The van der Waals surface area contributed by atoms with E-state index >= 15 is 0 Å². The molecule has 5 rings (SSSR count). The van der Waals surface area contributed by atoms with Gasteiger partial charge in [0.25, 0.3) is 0 Å². The van der Waals surface area contributed by atoms with E-state index in [-0.39, 0.29) is 40.5 Å². The minimum atomic E-state index is -2.07. The van der Waals surface area contributed by atoms with Crippen molar-refractivity contribution in [3.8, 4) is 5.75 Å². The van der Waals surface area contributed by atoms with Crippen molar-refractivity contribution in [1.82, 2.24) is 0 Å². The SMILES string of the molecule is CCCCOC(=O)C1=C(N)Oc2c(c(=O)oc3ccccc23)C12C(=O)N(CC(=O)OC)c1ccccc12. The first-order valence-electron chi connectivity index (χ1n) is 11.8. The van der Waals surface area contributed by atoms with Crippen LogP contribution in [0.25, 0.3) is 11.0 Å². The highest BCUT2D eigenvalue weighted by Crippen LogP contribution is 2.55. The van der Waals surface area contributed by atoms with Gasteiger partial charge < -0.3 is 24.4 Å². The highest BCUT2D eigenvalue weighted by Gasteiger charge is 2.63. The number of rotatable bonds is 6. The number of benzene rings is 2. The van der Waals surface area contributed by atoms with Crippen LogP contribution in [-0.2, 0) is 29.3 Å². The first kappa shape index (κ1) is 24.1. The molecule has 1 unspecified atom stereocenters. The lowest BCUT2D eigenvalue weighted by molar-refractivity contribution is -0.141. The lowest BCUT2D eigenvalue weighted by atomic mass is 9.68.